The van der Waals surface area contributed by atoms with Gasteiger partial charge < -0.3 is 0 Å². The highest BCUT2D eigenvalue weighted by molar-refractivity contribution is 7.95. The summed E-state index contributed by atoms with van der Waals surface area (Å²) in [6, 6.07) is 11.8. The van der Waals surface area contributed by atoms with Crippen LogP contribution in [0.25, 0.3) is 17.3 Å². The van der Waals surface area contributed by atoms with Gasteiger partial charge in [0.15, 0.2) is 9.84 Å². The Morgan fingerprint density at radius 3 is 2.55 bits per heavy atom. The molecule has 0 bridgehead atoms. The highest BCUT2D eigenvalue weighted by atomic mass is 35.5. The van der Waals surface area contributed by atoms with E-state index >= 15 is 0 Å². The summed E-state index contributed by atoms with van der Waals surface area (Å²) in [4.78, 5) is 3.98. The predicted octanol–water partition coefficient (Wildman–Crippen LogP) is 3.96. The van der Waals surface area contributed by atoms with Crippen LogP contribution in [0.1, 0.15) is 5.69 Å². The number of halogens is 2. The second kappa shape index (κ2) is 6.49. The van der Waals surface area contributed by atoms with Crippen molar-refractivity contribution in [2.75, 3.05) is 6.26 Å². The van der Waals surface area contributed by atoms with Crippen LogP contribution in [0.5, 0.6) is 0 Å². The average Bonchev–Trinajstić information content (AvgIpc) is 2.46. The molecule has 0 saturated carbocycles. The molecule has 7 heteroatoms. The van der Waals surface area contributed by atoms with Gasteiger partial charge >= 0.3 is 0 Å². The summed E-state index contributed by atoms with van der Waals surface area (Å²) in [5.41, 5.74) is 1.70. The maximum atomic E-state index is 11.5. The van der Waals surface area contributed by atoms with Gasteiger partial charge in [-0.25, -0.2) is 13.4 Å². The zero-order valence-electron chi connectivity index (χ0n) is 11.4. The van der Waals surface area contributed by atoms with Crippen molar-refractivity contribution in [3.8, 4) is 17.3 Å². The van der Waals surface area contributed by atoms with Crippen LogP contribution in [0.15, 0.2) is 41.3 Å². The van der Waals surface area contributed by atoms with Gasteiger partial charge in [0.2, 0.25) is 0 Å². The molecule has 2 rings (SSSR count). The molecule has 1 aromatic heterocycles. The van der Waals surface area contributed by atoms with Crippen molar-refractivity contribution in [2.45, 2.75) is 0 Å². The van der Waals surface area contributed by atoms with E-state index in [-0.39, 0.29) is 4.91 Å². The highest BCUT2D eigenvalue weighted by Crippen LogP contribution is 2.27. The van der Waals surface area contributed by atoms with Gasteiger partial charge in [0.25, 0.3) is 0 Å². The van der Waals surface area contributed by atoms with E-state index in [1.54, 1.807) is 42.5 Å². The van der Waals surface area contributed by atoms with Crippen LogP contribution < -0.4 is 0 Å². The van der Waals surface area contributed by atoms with E-state index in [2.05, 4.69) is 4.98 Å². The molecule has 1 heterocycles. The summed E-state index contributed by atoms with van der Waals surface area (Å²) in [7, 11) is -3.58. The minimum atomic E-state index is -3.58. The Bertz CT molecular complexity index is 900. The van der Waals surface area contributed by atoms with Crippen molar-refractivity contribution in [3.05, 3.63) is 57.0 Å². The first-order chi connectivity index (χ1) is 10.3. The lowest BCUT2D eigenvalue weighted by Crippen LogP contribution is -1.99. The van der Waals surface area contributed by atoms with Gasteiger partial charge in [-0.05, 0) is 30.3 Å². The molecular formula is C15H10Cl2N2O2S. The quantitative estimate of drug-likeness (QED) is 0.783. The molecule has 0 aliphatic carbocycles. The van der Waals surface area contributed by atoms with Crippen LogP contribution in [-0.2, 0) is 9.84 Å². The summed E-state index contributed by atoms with van der Waals surface area (Å²) in [6.07, 6.45) is 2.21. The lowest BCUT2D eigenvalue weighted by molar-refractivity contribution is 0.609. The third kappa shape index (κ3) is 3.86. The topological polar surface area (TPSA) is 70.8 Å². The molecular weight excluding hydrogens is 343 g/mol. The van der Waals surface area contributed by atoms with Crippen molar-refractivity contribution in [3.63, 3.8) is 0 Å². The van der Waals surface area contributed by atoms with Crippen LogP contribution in [-0.4, -0.2) is 19.7 Å². The van der Waals surface area contributed by atoms with Crippen LogP contribution in [0, 0.1) is 11.3 Å². The van der Waals surface area contributed by atoms with E-state index in [4.69, 9.17) is 28.5 Å². The SMILES string of the molecule is CS(=O)(=O)/C(C#N)=C/c1cccc(-c2ccc(Cl)c(Cl)c2)n1. The van der Waals surface area contributed by atoms with E-state index in [1.807, 2.05) is 0 Å². The Labute approximate surface area is 138 Å². The van der Waals surface area contributed by atoms with Crippen molar-refractivity contribution in [1.82, 2.24) is 4.98 Å². The van der Waals surface area contributed by atoms with Crippen LogP contribution in [0.3, 0.4) is 0 Å². The molecule has 0 unspecified atom stereocenters. The first kappa shape index (κ1) is 16.5. The molecule has 0 saturated heterocycles. The lowest BCUT2D eigenvalue weighted by Gasteiger charge is -2.04. The van der Waals surface area contributed by atoms with E-state index in [0.29, 0.717) is 21.4 Å². The molecule has 0 radical (unpaired) electrons. The number of benzene rings is 1. The number of sulfone groups is 1. The Morgan fingerprint density at radius 1 is 1.23 bits per heavy atom. The smallest absolute Gasteiger partial charge is 0.185 e. The molecule has 22 heavy (non-hydrogen) atoms. The normalized spacial score (nSPS) is 12.0. The van der Waals surface area contributed by atoms with Crippen molar-refractivity contribution >= 4 is 39.1 Å². The third-order valence-electron chi connectivity index (χ3n) is 2.77. The summed E-state index contributed by atoms with van der Waals surface area (Å²) < 4.78 is 22.9. The fraction of sp³-hybridized carbons (Fsp3) is 0.0667. The Balaban J connectivity index is 2.49. The maximum absolute atomic E-state index is 11.5. The Hall–Kier alpha value is -1.87. The fourth-order valence-electron chi connectivity index (χ4n) is 1.70. The van der Waals surface area contributed by atoms with Gasteiger partial charge in [-0.1, -0.05) is 35.3 Å². The van der Waals surface area contributed by atoms with Gasteiger partial charge in [-0.2, -0.15) is 5.26 Å². The number of hydrogen-bond donors (Lipinski definition) is 0. The Morgan fingerprint density at radius 2 is 1.95 bits per heavy atom. The molecule has 0 N–H and O–H groups in total. The average molecular weight is 353 g/mol. The number of allylic oxidation sites excluding steroid dienone is 1. The number of nitriles is 1. The minimum absolute atomic E-state index is 0.341. The lowest BCUT2D eigenvalue weighted by atomic mass is 10.1. The third-order valence-corrected chi connectivity index (χ3v) is 4.52. The molecule has 0 atom stereocenters. The highest BCUT2D eigenvalue weighted by Gasteiger charge is 2.11. The fourth-order valence-corrected chi connectivity index (χ4v) is 2.50. The summed E-state index contributed by atoms with van der Waals surface area (Å²) in [5, 5.41) is 9.75. The van der Waals surface area contributed by atoms with Gasteiger partial charge in [-0.15, -0.1) is 0 Å². The van der Waals surface area contributed by atoms with Gasteiger partial charge in [0.05, 0.1) is 21.4 Å². The predicted molar refractivity (Wildman–Crippen MR) is 88.1 cm³/mol. The van der Waals surface area contributed by atoms with Gasteiger partial charge in [0, 0.05) is 11.8 Å². The van der Waals surface area contributed by atoms with E-state index in [0.717, 1.165) is 11.8 Å². The molecule has 112 valence electrons. The number of hydrogen-bond acceptors (Lipinski definition) is 4. The minimum Gasteiger partial charge on any atom is -0.248 e. The van der Waals surface area contributed by atoms with Crippen LogP contribution in [0.2, 0.25) is 10.0 Å². The number of aromatic nitrogens is 1. The van der Waals surface area contributed by atoms with Crippen LogP contribution >= 0.6 is 23.2 Å². The second-order valence-corrected chi connectivity index (χ2v) is 7.27. The molecule has 0 aliphatic rings. The molecule has 2 aromatic rings. The number of rotatable bonds is 3. The van der Waals surface area contributed by atoms with E-state index in [1.165, 1.54) is 6.08 Å². The largest absolute Gasteiger partial charge is 0.248 e. The van der Waals surface area contributed by atoms with Gasteiger partial charge in [0.1, 0.15) is 11.0 Å². The first-order valence-electron chi connectivity index (χ1n) is 6.05. The summed E-state index contributed by atoms with van der Waals surface area (Å²) >= 11 is 11.8. The van der Waals surface area contributed by atoms with E-state index < -0.39 is 9.84 Å². The molecule has 4 nitrogen and oxygen atoms in total. The molecule has 1 aromatic carbocycles. The van der Waals surface area contributed by atoms with Crippen molar-refractivity contribution < 1.29 is 8.42 Å². The second-order valence-electron chi connectivity index (χ2n) is 4.47. The number of pyridine rings is 1. The van der Waals surface area contributed by atoms with Crippen LogP contribution in [0.4, 0.5) is 0 Å². The number of nitrogens with zero attached hydrogens (tertiary/aromatic N) is 2. The molecule has 0 amide bonds. The Kier molecular flexibility index (Phi) is 4.87. The van der Waals surface area contributed by atoms with Gasteiger partial charge in [-0.3, -0.25) is 0 Å². The standard InChI is InChI=1S/C15H10Cl2N2O2S/c1-22(20,21)12(9-18)8-11-3-2-4-15(19-11)10-5-6-13(16)14(17)7-10/h2-8H,1H3/b12-8+. The summed E-state index contributed by atoms with van der Waals surface area (Å²) in [5.74, 6) is 0. The summed E-state index contributed by atoms with van der Waals surface area (Å²) in [6.45, 7) is 0. The maximum Gasteiger partial charge on any atom is 0.185 e. The molecule has 0 aliphatic heterocycles. The van der Waals surface area contributed by atoms with Crippen molar-refractivity contribution in [1.29, 1.82) is 5.26 Å². The zero-order valence-corrected chi connectivity index (χ0v) is 13.7. The molecule has 0 spiro atoms. The van der Waals surface area contributed by atoms with Crippen molar-refractivity contribution in [2.24, 2.45) is 0 Å². The monoisotopic (exact) mass is 352 g/mol. The molecule has 0 fully saturated rings. The first-order valence-corrected chi connectivity index (χ1v) is 8.70. The van der Waals surface area contributed by atoms with E-state index in [9.17, 15) is 8.42 Å². The zero-order chi connectivity index (χ0) is 16.3.